The number of unbranched alkanes of at least 4 members (excludes halogenated alkanes) is 5. The molecule has 0 saturated heterocycles. The Morgan fingerprint density at radius 3 is 1.58 bits per heavy atom. The van der Waals surface area contributed by atoms with Gasteiger partial charge in [0.15, 0.2) is 6.54 Å². The summed E-state index contributed by atoms with van der Waals surface area (Å²) in [7, 11) is 0. The summed E-state index contributed by atoms with van der Waals surface area (Å²) in [6, 6.07) is 17.2. The Morgan fingerprint density at radius 2 is 1.12 bits per heavy atom. The fourth-order valence-electron chi connectivity index (χ4n) is 5.71. The Bertz CT molecular complexity index is 802. The molecule has 2 aromatic rings. The molecule has 0 bridgehead atoms. The smallest absolute Gasteiger partial charge is 0.316 e. The van der Waals surface area contributed by atoms with E-state index in [1.165, 1.54) is 22.3 Å². The third kappa shape index (κ3) is 7.09. The average molecular weight is 461 g/mol. The highest BCUT2D eigenvalue weighted by atomic mass is 19.4. The number of benzene rings is 2. The lowest BCUT2D eigenvalue weighted by atomic mass is 9.91. The molecule has 1 aliphatic rings. The second-order valence-electron chi connectivity index (χ2n) is 9.92. The van der Waals surface area contributed by atoms with Crippen LogP contribution in [0.4, 0.5) is 13.2 Å². The van der Waals surface area contributed by atoms with E-state index in [9.17, 15) is 13.2 Å². The summed E-state index contributed by atoms with van der Waals surface area (Å²) in [5.74, 6) is 0.363. The minimum Gasteiger partial charge on any atom is -0.316 e. The number of fused-ring (bicyclic) bond motifs is 3. The van der Waals surface area contributed by atoms with Crippen molar-refractivity contribution in [2.24, 2.45) is 0 Å². The highest BCUT2D eigenvalue weighted by Crippen LogP contribution is 2.46. The molecule has 0 aromatic heterocycles. The predicted octanol–water partition coefficient (Wildman–Crippen LogP) is 8.73. The summed E-state index contributed by atoms with van der Waals surface area (Å²) in [5.41, 5.74) is 5.39. The molecule has 0 amide bonds. The Morgan fingerprint density at radius 1 is 0.667 bits per heavy atom. The van der Waals surface area contributed by atoms with Crippen molar-refractivity contribution in [2.75, 3.05) is 26.2 Å². The minimum atomic E-state index is -4.11. The summed E-state index contributed by atoms with van der Waals surface area (Å²) in [5, 5.41) is 0. The lowest BCUT2D eigenvalue weighted by Gasteiger charge is -2.40. The molecule has 0 aliphatic heterocycles. The molecule has 0 fully saturated rings. The largest absolute Gasteiger partial charge is 0.438 e. The number of hydrogen-bond acceptors (Lipinski definition) is 0. The van der Waals surface area contributed by atoms with E-state index in [0.29, 0.717) is 25.6 Å². The molecule has 1 aliphatic carbocycles. The molecule has 0 radical (unpaired) electrons. The van der Waals surface area contributed by atoms with Crippen LogP contribution < -0.4 is 0 Å². The van der Waals surface area contributed by atoms with E-state index < -0.39 is 12.7 Å². The van der Waals surface area contributed by atoms with Crippen molar-refractivity contribution in [1.29, 1.82) is 0 Å². The molecule has 2 aromatic carbocycles. The second kappa shape index (κ2) is 12.1. The first-order valence-electron chi connectivity index (χ1n) is 13.0. The monoisotopic (exact) mass is 460 g/mol. The number of rotatable bonds is 14. The Balaban J connectivity index is 1.67. The quantitative estimate of drug-likeness (QED) is 0.195. The molecule has 0 atom stereocenters. The summed E-state index contributed by atoms with van der Waals surface area (Å²) in [6.45, 7) is 5.52. The van der Waals surface area contributed by atoms with Gasteiger partial charge in [-0.2, -0.15) is 13.2 Å². The first kappa shape index (κ1) is 25.8. The third-order valence-electron chi connectivity index (χ3n) is 7.32. The first-order valence-corrected chi connectivity index (χ1v) is 13.0. The van der Waals surface area contributed by atoms with Gasteiger partial charge in [-0.15, -0.1) is 0 Å². The molecule has 3 rings (SSSR count). The van der Waals surface area contributed by atoms with E-state index in [1.54, 1.807) is 0 Å². The van der Waals surface area contributed by atoms with Gasteiger partial charge in [0.05, 0.1) is 19.6 Å². The molecule has 182 valence electrons. The SMILES string of the molecule is CCCCC[N+](CCCCC)(CCCCC1c2ccccc2-c2ccccc21)CC(F)(F)F. The maximum absolute atomic E-state index is 13.6. The summed E-state index contributed by atoms with van der Waals surface area (Å²) < 4.78 is 41.1. The van der Waals surface area contributed by atoms with E-state index in [1.807, 2.05) is 0 Å². The van der Waals surface area contributed by atoms with Crippen molar-refractivity contribution in [2.45, 2.75) is 83.7 Å². The molecule has 1 nitrogen and oxygen atoms in total. The number of hydrogen-bond donors (Lipinski definition) is 0. The van der Waals surface area contributed by atoms with Crippen LogP contribution >= 0.6 is 0 Å². The van der Waals surface area contributed by atoms with Crippen molar-refractivity contribution in [3.05, 3.63) is 59.7 Å². The average Bonchev–Trinajstić information content (AvgIpc) is 3.10. The molecule has 33 heavy (non-hydrogen) atoms. The minimum absolute atomic E-state index is 0.224. The molecular weight excluding hydrogens is 419 g/mol. The lowest BCUT2D eigenvalue weighted by Crippen LogP contribution is -2.55. The Labute approximate surface area is 198 Å². The number of alkyl halides is 3. The van der Waals surface area contributed by atoms with Crippen LogP contribution in [-0.4, -0.2) is 36.8 Å². The van der Waals surface area contributed by atoms with Gasteiger partial charge < -0.3 is 4.48 Å². The number of nitrogens with zero attached hydrogens (tertiary/aromatic N) is 1. The van der Waals surface area contributed by atoms with E-state index in [0.717, 1.165) is 57.8 Å². The first-order chi connectivity index (χ1) is 15.9. The van der Waals surface area contributed by atoms with Crippen LogP contribution in [0.25, 0.3) is 11.1 Å². The standard InChI is InChI=1S/C29H41F3N/c1-3-5-12-20-33(21-13-6-4-2,23-29(30,31)32)22-14-11-19-28-26-17-9-7-15-24(26)25-16-8-10-18-27(25)28/h7-10,15-18,28H,3-6,11-14,19-23H2,1-2H3/q+1. The van der Waals surface area contributed by atoms with E-state index in [2.05, 4.69) is 62.4 Å². The summed E-state index contributed by atoms with van der Waals surface area (Å²) >= 11 is 0. The van der Waals surface area contributed by atoms with Crippen molar-refractivity contribution in [1.82, 2.24) is 0 Å². The van der Waals surface area contributed by atoms with Gasteiger partial charge in [0, 0.05) is 5.92 Å². The molecule has 0 N–H and O–H groups in total. The van der Waals surface area contributed by atoms with Crippen molar-refractivity contribution >= 4 is 0 Å². The lowest BCUT2D eigenvalue weighted by molar-refractivity contribution is -0.937. The van der Waals surface area contributed by atoms with Crippen LogP contribution in [0.5, 0.6) is 0 Å². The van der Waals surface area contributed by atoms with Crippen molar-refractivity contribution in [3.8, 4) is 11.1 Å². The summed E-state index contributed by atoms with van der Waals surface area (Å²) in [6.07, 6.45) is 4.61. The zero-order valence-electron chi connectivity index (χ0n) is 20.5. The topological polar surface area (TPSA) is 0 Å². The van der Waals surface area contributed by atoms with Crippen LogP contribution in [0.2, 0.25) is 0 Å². The van der Waals surface area contributed by atoms with Gasteiger partial charge in [-0.1, -0.05) is 75.2 Å². The highest BCUT2D eigenvalue weighted by molar-refractivity contribution is 5.78. The zero-order valence-corrected chi connectivity index (χ0v) is 20.5. The maximum atomic E-state index is 13.6. The van der Waals surface area contributed by atoms with Gasteiger partial charge in [-0.05, 0) is 67.2 Å². The van der Waals surface area contributed by atoms with Gasteiger partial charge in [-0.25, -0.2) is 0 Å². The van der Waals surface area contributed by atoms with Crippen LogP contribution in [0, 0.1) is 0 Å². The van der Waals surface area contributed by atoms with Crippen LogP contribution in [0.3, 0.4) is 0 Å². The number of quaternary nitrogens is 1. The zero-order chi connectivity index (χ0) is 23.7. The fraction of sp³-hybridized carbons (Fsp3) is 0.586. The molecular formula is C29H41F3N+. The number of halogens is 3. The van der Waals surface area contributed by atoms with E-state index >= 15 is 0 Å². The third-order valence-corrected chi connectivity index (χ3v) is 7.32. The van der Waals surface area contributed by atoms with Crippen LogP contribution in [0.1, 0.15) is 88.7 Å². The molecule has 0 unspecified atom stereocenters. The van der Waals surface area contributed by atoms with Gasteiger partial charge in [0.1, 0.15) is 0 Å². The Hall–Kier alpha value is -1.81. The van der Waals surface area contributed by atoms with E-state index in [4.69, 9.17) is 0 Å². The second-order valence-corrected chi connectivity index (χ2v) is 9.92. The molecule has 0 spiro atoms. The van der Waals surface area contributed by atoms with Gasteiger partial charge >= 0.3 is 6.18 Å². The molecule has 4 heteroatoms. The highest BCUT2D eigenvalue weighted by Gasteiger charge is 2.41. The van der Waals surface area contributed by atoms with Gasteiger partial charge in [-0.3, -0.25) is 0 Å². The Kier molecular flexibility index (Phi) is 9.43. The van der Waals surface area contributed by atoms with Crippen LogP contribution in [-0.2, 0) is 0 Å². The van der Waals surface area contributed by atoms with Crippen molar-refractivity contribution in [3.63, 3.8) is 0 Å². The molecule has 0 saturated carbocycles. The van der Waals surface area contributed by atoms with Gasteiger partial charge in [0.2, 0.25) is 0 Å². The van der Waals surface area contributed by atoms with Crippen molar-refractivity contribution < 1.29 is 17.7 Å². The van der Waals surface area contributed by atoms with Crippen LogP contribution in [0.15, 0.2) is 48.5 Å². The van der Waals surface area contributed by atoms with Gasteiger partial charge in [0.25, 0.3) is 0 Å². The maximum Gasteiger partial charge on any atom is 0.438 e. The fourth-order valence-corrected chi connectivity index (χ4v) is 5.71. The normalized spacial score (nSPS) is 13.8. The van der Waals surface area contributed by atoms with E-state index in [-0.39, 0.29) is 4.48 Å². The molecule has 0 heterocycles. The predicted molar refractivity (Wildman–Crippen MR) is 132 cm³/mol. The summed E-state index contributed by atoms with van der Waals surface area (Å²) in [4.78, 5) is 0.